The number of ether oxygens (including phenoxy) is 2. The highest BCUT2D eigenvalue weighted by Crippen LogP contribution is 1.82. The van der Waals surface area contributed by atoms with Crippen LogP contribution >= 0.6 is 15.9 Å². The number of rotatable bonds is 5. The van der Waals surface area contributed by atoms with Gasteiger partial charge in [0.2, 0.25) is 0 Å². The second-order valence-electron chi connectivity index (χ2n) is 1.47. The molecule has 0 fully saturated rings. The molecule has 0 aliphatic rings. The number of hydrogen-bond acceptors (Lipinski definition) is 3. The first-order valence-corrected chi connectivity index (χ1v) is 3.95. The van der Waals surface area contributed by atoms with Gasteiger partial charge in [-0.1, -0.05) is 15.9 Å². The second-order valence-corrected chi connectivity index (χ2v) is 2.26. The summed E-state index contributed by atoms with van der Waals surface area (Å²) in [5.74, 6) is 0. The zero-order chi connectivity index (χ0) is 7.82. The van der Waals surface area contributed by atoms with Gasteiger partial charge in [-0.2, -0.15) is 0 Å². The molecule has 2 N–H and O–H groups in total. The Kier molecular flexibility index (Phi) is 6.63. The molecule has 0 rings (SSSR count). The predicted octanol–water partition coefficient (Wildman–Crippen LogP) is 0.493. The largest absolute Gasteiger partial charge is 0.447 e. The first-order chi connectivity index (χ1) is 4.77. The van der Waals surface area contributed by atoms with Crippen molar-refractivity contribution in [3.63, 3.8) is 0 Å². The van der Waals surface area contributed by atoms with Crippen LogP contribution in [0.15, 0.2) is 0 Å². The number of amides is 1. The van der Waals surface area contributed by atoms with Crippen LogP contribution in [-0.2, 0) is 9.47 Å². The lowest BCUT2D eigenvalue weighted by Crippen LogP contribution is -2.16. The van der Waals surface area contributed by atoms with E-state index in [1.807, 2.05) is 0 Å². The van der Waals surface area contributed by atoms with E-state index in [0.717, 1.165) is 5.33 Å². The minimum Gasteiger partial charge on any atom is -0.447 e. The summed E-state index contributed by atoms with van der Waals surface area (Å²) in [6.07, 6.45) is -0.762. The first-order valence-electron chi connectivity index (χ1n) is 2.83. The van der Waals surface area contributed by atoms with Gasteiger partial charge >= 0.3 is 6.09 Å². The van der Waals surface area contributed by atoms with Gasteiger partial charge in [-0.25, -0.2) is 4.79 Å². The van der Waals surface area contributed by atoms with Crippen molar-refractivity contribution in [1.29, 1.82) is 0 Å². The Balaban J connectivity index is 2.84. The van der Waals surface area contributed by atoms with Crippen molar-refractivity contribution < 1.29 is 14.3 Å². The van der Waals surface area contributed by atoms with Crippen LogP contribution in [0.25, 0.3) is 0 Å². The number of carbonyl (C=O) groups is 1. The molecule has 0 aliphatic heterocycles. The molecule has 0 heterocycles. The van der Waals surface area contributed by atoms with E-state index in [4.69, 9.17) is 4.74 Å². The topological polar surface area (TPSA) is 61.6 Å². The SMILES string of the molecule is NC(=O)OCCOCCBr. The third-order valence-electron chi connectivity index (χ3n) is 0.693. The Morgan fingerprint density at radius 2 is 2.10 bits per heavy atom. The molecule has 0 aromatic rings. The zero-order valence-electron chi connectivity index (χ0n) is 5.51. The van der Waals surface area contributed by atoms with E-state index in [-0.39, 0.29) is 6.61 Å². The summed E-state index contributed by atoms with van der Waals surface area (Å²) < 4.78 is 9.34. The number of hydrogen-bond donors (Lipinski definition) is 1. The summed E-state index contributed by atoms with van der Waals surface area (Å²) in [5.41, 5.74) is 4.68. The summed E-state index contributed by atoms with van der Waals surface area (Å²) in [6, 6.07) is 0. The van der Waals surface area contributed by atoms with Crippen molar-refractivity contribution in [3.8, 4) is 0 Å². The van der Waals surface area contributed by atoms with Crippen LogP contribution in [0.2, 0.25) is 0 Å². The molecule has 10 heavy (non-hydrogen) atoms. The maximum absolute atomic E-state index is 9.97. The van der Waals surface area contributed by atoms with Gasteiger partial charge in [0, 0.05) is 5.33 Å². The summed E-state index contributed by atoms with van der Waals surface area (Å²) in [6.45, 7) is 1.24. The molecule has 0 unspecified atom stereocenters. The minimum absolute atomic E-state index is 0.225. The Labute approximate surface area is 67.8 Å². The Bertz CT molecular complexity index is 98.9. The standard InChI is InChI=1S/C5H10BrNO3/c6-1-2-9-3-4-10-5(7)8/h1-4H2,(H2,7,8). The number of primary amides is 1. The molecule has 4 nitrogen and oxygen atoms in total. The Morgan fingerprint density at radius 1 is 1.40 bits per heavy atom. The van der Waals surface area contributed by atoms with Crippen molar-refractivity contribution in [2.24, 2.45) is 5.73 Å². The van der Waals surface area contributed by atoms with E-state index in [9.17, 15) is 4.79 Å². The molecule has 0 spiro atoms. The third-order valence-corrected chi connectivity index (χ3v) is 1.02. The summed E-state index contributed by atoms with van der Waals surface area (Å²) in [5, 5.41) is 0.781. The molecule has 0 saturated carbocycles. The lowest BCUT2D eigenvalue weighted by atomic mass is 10.7. The Hall–Kier alpha value is -0.290. The van der Waals surface area contributed by atoms with Crippen LogP contribution in [0.4, 0.5) is 4.79 Å². The number of carbonyl (C=O) groups excluding carboxylic acids is 1. The van der Waals surface area contributed by atoms with Crippen molar-refractivity contribution in [3.05, 3.63) is 0 Å². The van der Waals surface area contributed by atoms with Crippen LogP contribution in [-0.4, -0.2) is 31.2 Å². The van der Waals surface area contributed by atoms with E-state index >= 15 is 0 Å². The maximum atomic E-state index is 9.97. The van der Waals surface area contributed by atoms with Gasteiger partial charge < -0.3 is 15.2 Å². The molecular formula is C5H10BrNO3. The molecule has 0 bridgehead atoms. The van der Waals surface area contributed by atoms with Gasteiger partial charge in [-0.05, 0) is 0 Å². The lowest BCUT2D eigenvalue weighted by molar-refractivity contribution is 0.0846. The molecular weight excluding hydrogens is 202 g/mol. The number of halogens is 1. The van der Waals surface area contributed by atoms with Gasteiger partial charge in [0.05, 0.1) is 13.2 Å². The average molecular weight is 212 g/mol. The van der Waals surface area contributed by atoms with Crippen molar-refractivity contribution in [2.45, 2.75) is 0 Å². The number of nitrogens with two attached hydrogens (primary N) is 1. The fourth-order valence-corrected chi connectivity index (χ4v) is 0.587. The maximum Gasteiger partial charge on any atom is 0.404 e. The molecule has 60 valence electrons. The molecule has 0 aliphatic carbocycles. The van der Waals surface area contributed by atoms with E-state index in [0.29, 0.717) is 13.2 Å². The van der Waals surface area contributed by atoms with Crippen LogP contribution in [0.5, 0.6) is 0 Å². The van der Waals surface area contributed by atoms with Crippen LogP contribution in [0.1, 0.15) is 0 Å². The quantitative estimate of drug-likeness (QED) is 0.532. The predicted molar refractivity (Wildman–Crippen MR) is 40.1 cm³/mol. The molecule has 0 aromatic heterocycles. The van der Waals surface area contributed by atoms with Gasteiger partial charge in [0.1, 0.15) is 6.61 Å². The van der Waals surface area contributed by atoms with E-state index in [1.54, 1.807) is 0 Å². The second kappa shape index (κ2) is 6.82. The molecule has 0 aromatic carbocycles. The first kappa shape index (κ1) is 9.71. The molecule has 1 amide bonds. The monoisotopic (exact) mass is 211 g/mol. The average Bonchev–Trinajstić information content (AvgIpc) is 1.87. The van der Waals surface area contributed by atoms with Crippen LogP contribution in [0, 0.1) is 0 Å². The van der Waals surface area contributed by atoms with Crippen LogP contribution in [0.3, 0.4) is 0 Å². The van der Waals surface area contributed by atoms with Gasteiger partial charge in [0.15, 0.2) is 0 Å². The Morgan fingerprint density at radius 3 is 2.60 bits per heavy atom. The van der Waals surface area contributed by atoms with Gasteiger partial charge in [-0.15, -0.1) is 0 Å². The molecule has 0 atom stereocenters. The van der Waals surface area contributed by atoms with Crippen molar-refractivity contribution in [2.75, 3.05) is 25.2 Å². The summed E-state index contributed by atoms with van der Waals surface area (Å²) >= 11 is 3.17. The van der Waals surface area contributed by atoms with Crippen LogP contribution < -0.4 is 5.73 Å². The fourth-order valence-electron chi connectivity index (χ4n) is 0.358. The number of alkyl halides is 1. The fraction of sp³-hybridized carbons (Fsp3) is 0.800. The van der Waals surface area contributed by atoms with Crippen molar-refractivity contribution in [1.82, 2.24) is 0 Å². The molecule has 5 heteroatoms. The van der Waals surface area contributed by atoms with E-state index in [1.165, 1.54) is 0 Å². The highest BCUT2D eigenvalue weighted by Gasteiger charge is 1.91. The molecule has 0 radical (unpaired) electrons. The zero-order valence-corrected chi connectivity index (χ0v) is 7.09. The highest BCUT2D eigenvalue weighted by molar-refractivity contribution is 9.09. The third kappa shape index (κ3) is 7.71. The van der Waals surface area contributed by atoms with Crippen molar-refractivity contribution >= 4 is 22.0 Å². The van der Waals surface area contributed by atoms with E-state index < -0.39 is 6.09 Å². The lowest BCUT2D eigenvalue weighted by Gasteiger charge is -2.00. The summed E-state index contributed by atoms with van der Waals surface area (Å²) in [7, 11) is 0. The summed E-state index contributed by atoms with van der Waals surface area (Å²) in [4.78, 5) is 9.97. The molecule has 0 saturated heterocycles. The van der Waals surface area contributed by atoms with Gasteiger partial charge in [-0.3, -0.25) is 0 Å². The smallest absolute Gasteiger partial charge is 0.404 e. The van der Waals surface area contributed by atoms with E-state index in [2.05, 4.69) is 26.4 Å². The highest BCUT2D eigenvalue weighted by atomic mass is 79.9. The normalized spacial score (nSPS) is 9.30. The minimum atomic E-state index is -0.762. The van der Waals surface area contributed by atoms with Gasteiger partial charge in [0.25, 0.3) is 0 Å².